The van der Waals surface area contributed by atoms with E-state index in [1.54, 1.807) is 0 Å². The quantitative estimate of drug-likeness (QED) is 0.0341. The van der Waals surface area contributed by atoms with Crippen molar-refractivity contribution < 1.29 is 38.2 Å². The zero-order chi connectivity index (χ0) is 44.2. The van der Waals surface area contributed by atoms with E-state index in [0.717, 1.165) is 38.5 Å². The molecular weight excluding hydrogens is 751 g/mol. The average Bonchev–Trinajstić information content (AvgIpc) is 3.21. The van der Waals surface area contributed by atoms with Crippen molar-refractivity contribution in [3.05, 3.63) is 0 Å². The second-order valence-electron chi connectivity index (χ2n) is 19.1. The number of hydrogen-bond donors (Lipinski definition) is 0. The molecule has 356 valence electrons. The van der Waals surface area contributed by atoms with Gasteiger partial charge in [0.1, 0.15) is 12.6 Å². The van der Waals surface area contributed by atoms with Crippen molar-refractivity contribution in [2.45, 2.75) is 276 Å². The first kappa shape index (κ1) is 58.3. The molecule has 0 radical (unpaired) electrons. The first-order valence-electron chi connectivity index (χ1n) is 26.1. The van der Waals surface area contributed by atoms with Gasteiger partial charge in [-0.2, -0.15) is 0 Å². The molecule has 0 N–H and O–H groups in total. The minimum atomic E-state index is -1.12. The van der Waals surface area contributed by atoms with Crippen LogP contribution in [0.25, 0.3) is 0 Å². The molecule has 0 rings (SSSR count). The van der Waals surface area contributed by atoms with Gasteiger partial charge in [0.2, 0.25) is 0 Å². The van der Waals surface area contributed by atoms with Crippen LogP contribution in [0.1, 0.15) is 264 Å². The maximum atomic E-state index is 12.8. The number of unbranched alkanes of at least 4 members (excludes halogenated alkanes) is 34. The number of rotatable bonds is 48. The van der Waals surface area contributed by atoms with E-state index in [1.165, 1.54) is 193 Å². The predicted molar refractivity (Wildman–Crippen MR) is 250 cm³/mol. The third-order valence-electron chi connectivity index (χ3n) is 12.2. The highest BCUT2D eigenvalue weighted by Crippen LogP contribution is 2.17. The molecule has 0 amide bonds. The van der Waals surface area contributed by atoms with Crippen LogP contribution in [0.2, 0.25) is 0 Å². The fourth-order valence-electron chi connectivity index (χ4n) is 8.19. The van der Waals surface area contributed by atoms with E-state index in [-0.39, 0.29) is 42.7 Å². The Morgan fingerprint density at radius 1 is 0.433 bits per heavy atom. The van der Waals surface area contributed by atoms with Crippen LogP contribution in [0.5, 0.6) is 0 Å². The summed E-state index contributed by atoms with van der Waals surface area (Å²) in [7, 11) is 5.43. The fourth-order valence-corrected chi connectivity index (χ4v) is 8.19. The number of carbonyl (C=O) groups excluding carboxylic acids is 3. The second-order valence-corrected chi connectivity index (χ2v) is 19.1. The van der Waals surface area contributed by atoms with Crippen molar-refractivity contribution in [3.8, 4) is 0 Å². The summed E-state index contributed by atoms with van der Waals surface area (Å²) in [6, 6.07) is -0.720. The van der Waals surface area contributed by atoms with Gasteiger partial charge in [-0.15, -0.1) is 0 Å². The Morgan fingerprint density at radius 3 is 1.03 bits per heavy atom. The summed E-state index contributed by atoms with van der Waals surface area (Å²) in [6.07, 6.45) is 47.0. The molecule has 60 heavy (non-hydrogen) atoms. The predicted octanol–water partition coefficient (Wildman–Crippen LogP) is 13.5. The Kier molecular flexibility index (Phi) is 42.7. The summed E-state index contributed by atoms with van der Waals surface area (Å²) < 4.78 is 17.3. The lowest BCUT2D eigenvalue weighted by atomic mass is 10.0. The van der Waals surface area contributed by atoms with E-state index in [4.69, 9.17) is 14.2 Å². The molecule has 0 fully saturated rings. The van der Waals surface area contributed by atoms with Crippen LogP contribution in [-0.4, -0.2) is 75.5 Å². The van der Waals surface area contributed by atoms with Crippen molar-refractivity contribution in [1.29, 1.82) is 0 Å². The van der Waals surface area contributed by atoms with Crippen LogP contribution in [0.3, 0.4) is 0 Å². The molecule has 0 bridgehead atoms. The summed E-state index contributed by atoms with van der Waals surface area (Å²) in [5, 5.41) is 11.7. The van der Waals surface area contributed by atoms with Gasteiger partial charge in [0, 0.05) is 19.3 Å². The highest BCUT2D eigenvalue weighted by atomic mass is 16.6. The summed E-state index contributed by atoms with van der Waals surface area (Å²) in [5.41, 5.74) is 0. The maximum absolute atomic E-state index is 12.8. The minimum absolute atomic E-state index is 0.0499. The molecule has 2 atom stereocenters. The lowest BCUT2D eigenvalue weighted by Gasteiger charge is -2.34. The van der Waals surface area contributed by atoms with Gasteiger partial charge in [-0.25, -0.2) is 0 Å². The molecule has 0 aliphatic heterocycles. The fraction of sp³-hybridized carbons (Fsp3) is 0.942. The zero-order valence-corrected chi connectivity index (χ0v) is 40.7. The van der Waals surface area contributed by atoms with Crippen molar-refractivity contribution >= 4 is 17.9 Å². The van der Waals surface area contributed by atoms with Crippen LogP contribution < -0.4 is 5.11 Å². The van der Waals surface area contributed by atoms with Gasteiger partial charge in [0.25, 0.3) is 0 Å². The Balaban J connectivity index is 4.18. The van der Waals surface area contributed by atoms with Gasteiger partial charge in [-0.1, -0.05) is 232 Å². The Labute approximate surface area is 372 Å². The molecule has 0 aromatic heterocycles. The number of carboxylic acid groups (broad SMARTS) is 1. The van der Waals surface area contributed by atoms with Gasteiger partial charge >= 0.3 is 11.9 Å². The van der Waals surface area contributed by atoms with Gasteiger partial charge in [-0.05, 0) is 12.8 Å². The number of esters is 2. The van der Waals surface area contributed by atoms with E-state index in [2.05, 4.69) is 13.8 Å². The molecule has 0 aromatic rings. The highest BCUT2D eigenvalue weighted by molar-refractivity contribution is 5.70. The van der Waals surface area contributed by atoms with E-state index in [0.29, 0.717) is 12.8 Å². The largest absolute Gasteiger partial charge is 0.544 e. The first-order chi connectivity index (χ1) is 29.1. The third-order valence-corrected chi connectivity index (χ3v) is 12.2. The molecule has 8 heteroatoms. The van der Waals surface area contributed by atoms with Gasteiger partial charge in [0.05, 0.1) is 40.3 Å². The lowest BCUT2D eigenvalue weighted by molar-refractivity contribution is -0.889. The van der Waals surface area contributed by atoms with Crippen LogP contribution >= 0.6 is 0 Å². The number of likely N-dealkylation sites (N-methyl/N-ethyl adjacent to an activating group) is 1. The van der Waals surface area contributed by atoms with Gasteiger partial charge in [-0.3, -0.25) is 9.59 Å². The number of ether oxygens (including phenoxy) is 3. The normalized spacial score (nSPS) is 12.8. The molecule has 0 heterocycles. The number of aliphatic carboxylic acids is 1. The Bertz CT molecular complexity index is 951. The molecule has 0 aliphatic carbocycles. The van der Waals surface area contributed by atoms with E-state index in [9.17, 15) is 19.5 Å². The number of hydrogen-bond acceptors (Lipinski definition) is 7. The maximum Gasteiger partial charge on any atom is 0.306 e. The van der Waals surface area contributed by atoms with Crippen LogP contribution in [0.15, 0.2) is 0 Å². The van der Waals surface area contributed by atoms with Crippen molar-refractivity contribution in [1.82, 2.24) is 0 Å². The van der Waals surface area contributed by atoms with Crippen molar-refractivity contribution in [2.24, 2.45) is 0 Å². The third kappa shape index (κ3) is 41.7. The summed E-state index contributed by atoms with van der Waals surface area (Å²) >= 11 is 0. The number of carbonyl (C=O) groups is 3. The summed E-state index contributed by atoms with van der Waals surface area (Å²) in [4.78, 5) is 37.0. The van der Waals surface area contributed by atoms with E-state index in [1.807, 2.05) is 21.1 Å². The van der Waals surface area contributed by atoms with E-state index < -0.39 is 18.1 Å². The molecule has 2 unspecified atom stereocenters. The topological polar surface area (TPSA) is 102 Å². The molecule has 0 aromatic carbocycles. The van der Waals surface area contributed by atoms with Gasteiger partial charge in [0.15, 0.2) is 6.10 Å². The molecule has 8 nitrogen and oxygen atoms in total. The zero-order valence-electron chi connectivity index (χ0n) is 40.7. The molecule has 0 aliphatic rings. The van der Waals surface area contributed by atoms with Gasteiger partial charge < -0.3 is 28.6 Å². The Hall–Kier alpha value is -1.67. The molecular formula is C52H101NO7. The SMILES string of the molecule is CCCCCCCCCCCCCCCCCCCCC(=O)OCC(COCCC(C(=O)[O-])[N+](C)(C)C)OC(=O)CCCCCCCCCCCCCCCCCCCC. The lowest BCUT2D eigenvalue weighted by Crippen LogP contribution is -2.55. The number of carboxylic acids is 1. The monoisotopic (exact) mass is 852 g/mol. The number of nitrogens with zero attached hydrogens (tertiary/aromatic N) is 1. The number of quaternary nitrogens is 1. The smallest absolute Gasteiger partial charge is 0.306 e. The standard InChI is InChI=1S/C52H101NO7/c1-6-8-10-12-14-16-18-20-22-24-26-28-30-32-34-36-38-40-42-50(54)59-47-48(46-58-45-44-49(52(56)57)53(3,4)5)60-51(55)43-41-39-37-35-33-31-29-27-25-23-21-19-17-15-13-11-9-7-2/h48-49H,6-47H2,1-5H3. The molecule has 0 spiro atoms. The highest BCUT2D eigenvalue weighted by Gasteiger charge is 2.25. The van der Waals surface area contributed by atoms with Crippen molar-refractivity contribution in [3.63, 3.8) is 0 Å². The van der Waals surface area contributed by atoms with E-state index >= 15 is 0 Å². The Morgan fingerprint density at radius 2 is 0.733 bits per heavy atom. The average molecular weight is 852 g/mol. The van der Waals surface area contributed by atoms with Crippen LogP contribution in [0, 0.1) is 0 Å². The van der Waals surface area contributed by atoms with Crippen LogP contribution in [-0.2, 0) is 28.6 Å². The first-order valence-corrected chi connectivity index (χ1v) is 26.1. The summed E-state index contributed by atoms with van der Waals surface area (Å²) in [5.74, 6) is -1.70. The minimum Gasteiger partial charge on any atom is -0.544 e. The van der Waals surface area contributed by atoms with Crippen molar-refractivity contribution in [2.75, 3.05) is 41.0 Å². The van der Waals surface area contributed by atoms with Crippen LogP contribution in [0.4, 0.5) is 0 Å². The second kappa shape index (κ2) is 44.0. The molecule has 0 saturated carbocycles. The molecule has 0 saturated heterocycles. The summed E-state index contributed by atoms with van der Waals surface area (Å²) in [6.45, 7) is 4.73.